The molecular weight excluding hydrogens is 268 g/mol. The average Bonchev–Trinajstić information content (AvgIpc) is 2.92. The molecule has 0 radical (unpaired) electrons. The number of hydrogen-bond donors (Lipinski definition) is 2. The van der Waals surface area contributed by atoms with Crippen molar-refractivity contribution in [2.24, 2.45) is 5.84 Å². The zero-order valence-corrected chi connectivity index (χ0v) is 11.4. The predicted molar refractivity (Wildman–Crippen MR) is 71.6 cm³/mol. The molecule has 0 unspecified atom stereocenters. The van der Waals surface area contributed by atoms with Gasteiger partial charge in [-0.15, -0.1) is 5.10 Å². The Bertz CT molecular complexity index is 524. The first-order chi connectivity index (χ1) is 9.26. The Labute approximate surface area is 114 Å². The molecule has 8 heteroatoms. The van der Waals surface area contributed by atoms with Gasteiger partial charge in [-0.25, -0.2) is 5.84 Å². The maximum Gasteiger partial charge on any atom is 0.150 e. The van der Waals surface area contributed by atoms with E-state index in [4.69, 9.17) is 20.1 Å². The Morgan fingerprint density at radius 3 is 2.37 bits per heavy atom. The number of methoxy groups -OCH3 is 2. The summed E-state index contributed by atoms with van der Waals surface area (Å²) in [7, 11) is 3.17. The van der Waals surface area contributed by atoms with Crippen LogP contribution in [0.3, 0.4) is 0 Å². The number of anilines is 1. The van der Waals surface area contributed by atoms with E-state index < -0.39 is 0 Å². The lowest BCUT2D eigenvalue weighted by atomic mass is 10.3. The SMILES string of the molecule is COc1cc(OC)cc(OCc2nnsc2NN)c1. The fourth-order valence-corrected chi connectivity index (χ4v) is 1.91. The summed E-state index contributed by atoms with van der Waals surface area (Å²) < 4.78 is 19.7. The Morgan fingerprint density at radius 1 is 1.16 bits per heavy atom. The van der Waals surface area contributed by atoms with Crippen molar-refractivity contribution >= 4 is 16.5 Å². The highest BCUT2D eigenvalue weighted by atomic mass is 32.1. The lowest BCUT2D eigenvalue weighted by Gasteiger charge is -2.09. The lowest BCUT2D eigenvalue weighted by Crippen LogP contribution is -2.08. The van der Waals surface area contributed by atoms with Crippen LogP contribution >= 0.6 is 11.5 Å². The van der Waals surface area contributed by atoms with Crippen molar-refractivity contribution in [3.8, 4) is 17.2 Å². The number of hydrazine groups is 1. The first-order valence-electron chi connectivity index (χ1n) is 5.40. The number of rotatable bonds is 6. The molecule has 2 rings (SSSR count). The summed E-state index contributed by atoms with van der Waals surface area (Å²) in [5, 5.41) is 4.60. The van der Waals surface area contributed by atoms with E-state index in [0.29, 0.717) is 27.9 Å². The zero-order chi connectivity index (χ0) is 13.7. The van der Waals surface area contributed by atoms with Gasteiger partial charge in [-0.05, 0) is 0 Å². The van der Waals surface area contributed by atoms with E-state index >= 15 is 0 Å². The Balaban J connectivity index is 2.10. The van der Waals surface area contributed by atoms with Gasteiger partial charge in [0, 0.05) is 29.7 Å². The smallest absolute Gasteiger partial charge is 0.150 e. The molecule has 2 aromatic rings. The molecule has 7 nitrogen and oxygen atoms in total. The third-order valence-electron chi connectivity index (χ3n) is 2.39. The van der Waals surface area contributed by atoms with Gasteiger partial charge in [-0.1, -0.05) is 4.49 Å². The van der Waals surface area contributed by atoms with E-state index in [0.717, 1.165) is 0 Å². The summed E-state index contributed by atoms with van der Waals surface area (Å²) in [6.45, 7) is 0.256. The van der Waals surface area contributed by atoms with Crippen LogP contribution in [0, 0.1) is 0 Å². The van der Waals surface area contributed by atoms with Crippen molar-refractivity contribution in [1.29, 1.82) is 0 Å². The van der Waals surface area contributed by atoms with Crippen molar-refractivity contribution in [2.75, 3.05) is 19.6 Å². The summed E-state index contributed by atoms with van der Waals surface area (Å²) in [6.07, 6.45) is 0. The van der Waals surface area contributed by atoms with Crippen molar-refractivity contribution in [1.82, 2.24) is 9.59 Å². The van der Waals surface area contributed by atoms with E-state index in [1.807, 2.05) is 0 Å². The molecule has 0 atom stereocenters. The maximum absolute atomic E-state index is 5.63. The summed E-state index contributed by atoms with van der Waals surface area (Å²) in [4.78, 5) is 0. The highest BCUT2D eigenvalue weighted by Gasteiger charge is 2.08. The number of aromatic nitrogens is 2. The normalized spacial score (nSPS) is 10.1. The van der Waals surface area contributed by atoms with Gasteiger partial charge in [-0.2, -0.15) is 0 Å². The number of ether oxygens (including phenoxy) is 3. The monoisotopic (exact) mass is 282 g/mol. The van der Waals surface area contributed by atoms with E-state index in [9.17, 15) is 0 Å². The topological polar surface area (TPSA) is 91.5 Å². The van der Waals surface area contributed by atoms with Gasteiger partial charge in [0.1, 0.15) is 29.5 Å². The molecule has 1 aromatic carbocycles. The Kier molecular flexibility index (Phi) is 4.37. The summed E-state index contributed by atoms with van der Waals surface area (Å²) >= 11 is 1.17. The van der Waals surface area contributed by atoms with Crippen LogP contribution in [0.2, 0.25) is 0 Å². The zero-order valence-electron chi connectivity index (χ0n) is 10.5. The number of hydrogen-bond acceptors (Lipinski definition) is 8. The second kappa shape index (κ2) is 6.21. The molecule has 0 amide bonds. The van der Waals surface area contributed by atoms with Gasteiger partial charge >= 0.3 is 0 Å². The predicted octanol–water partition coefficient (Wildman–Crippen LogP) is 1.42. The average molecular weight is 282 g/mol. The number of benzene rings is 1. The number of nitrogens with one attached hydrogen (secondary N) is 1. The molecule has 0 bridgehead atoms. The summed E-state index contributed by atoms with van der Waals surface area (Å²) in [6, 6.07) is 5.29. The fourth-order valence-electron chi connectivity index (χ4n) is 1.43. The first kappa shape index (κ1) is 13.4. The number of nitrogens with two attached hydrogens (primary N) is 1. The Hall–Kier alpha value is -2.06. The largest absolute Gasteiger partial charge is 0.496 e. The van der Waals surface area contributed by atoms with E-state index in [-0.39, 0.29) is 6.61 Å². The second-order valence-electron chi connectivity index (χ2n) is 3.53. The highest BCUT2D eigenvalue weighted by molar-refractivity contribution is 7.10. The minimum absolute atomic E-state index is 0.256. The molecule has 0 aliphatic rings. The maximum atomic E-state index is 5.63. The standard InChI is InChI=1S/C11H14N4O3S/c1-16-7-3-8(17-2)5-9(4-7)18-6-10-11(13-12)19-15-14-10/h3-5,13H,6,12H2,1-2H3. The Morgan fingerprint density at radius 2 is 1.79 bits per heavy atom. The summed E-state index contributed by atoms with van der Waals surface area (Å²) in [5.41, 5.74) is 3.17. The minimum atomic E-state index is 0.256. The van der Waals surface area contributed by atoms with Gasteiger partial charge in [0.2, 0.25) is 0 Å². The van der Waals surface area contributed by atoms with Crippen molar-refractivity contribution < 1.29 is 14.2 Å². The van der Waals surface area contributed by atoms with E-state index in [1.54, 1.807) is 32.4 Å². The number of nitrogens with zero attached hydrogens (tertiary/aromatic N) is 2. The van der Waals surface area contributed by atoms with Crippen molar-refractivity contribution in [2.45, 2.75) is 6.61 Å². The van der Waals surface area contributed by atoms with Crippen LogP contribution in [0.5, 0.6) is 17.2 Å². The molecule has 0 saturated heterocycles. The molecule has 102 valence electrons. The molecule has 0 saturated carbocycles. The van der Waals surface area contributed by atoms with Crippen LogP contribution in [0.1, 0.15) is 5.69 Å². The molecule has 19 heavy (non-hydrogen) atoms. The number of nitrogen functional groups attached to an aromatic ring is 1. The van der Waals surface area contributed by atoms with Crippen LogP contribution in [0.25, 0.3) is 0 Å². The first-order valence-corrected chi connectivity index (χ1v) is 6.18. The molecule has 1 aromatic heterocycles. The molecule has 0 aliphatic carbocycles. The second-order valence-corrected chi connectivity index (χ2v) is 4.28. The van der Waals surface area contributed by atoms with Crippen molar-refractivity contribution in [3.63, 3.8) is 0 Å². The van der Waals surface area contributed by atoms with Gasteiger partial charge in [-0.3, -0.25) is 0 Å². The van der Waals surface area contributed by atoms with E-state index in [2.05, 4.69) is 15.0 Å². The van der Waals surface area contributed by atoms with E-state index in [1.165, 1.54) is 11.5 Å². The molecule has 1 heterocycles. The molecular formula is C11H14N4O3S. The van der Waals surface area contributed by atoms with Gasteiger partial charge in [0.05, 0.1) is 14.2 Å². The molecule has 0 spiro atoms. The summed E-state index contributed by atoms with van der Waals surface area (Å²) in [5.74, 6) is 7.27. The fraction of sp³-hybridized carbons (Fsp3) is 0.273. The van der Waals surface area contributed by atoms with Crippen LogP contribution < -0.4 is 25.5 Å². The van der Waals surface area contributed by atoms with Crippen LogP contribution in [0.4, 0.5) is 5.00 Å². The third kappa shape index (κ3) is 3.24. The van der Waals surface area contributed by atoms with Gasteiger partial charge < -0.3 is 19.6 Å². The molecule has 3 N–H and O–H groups in total. The third-order valence-corrected chi connectivity index (χ3v) is 3.09. The van der Waals surface area contributed by atoms with Crippen LogP contribution in [-0.4, -0.2) is 23.8 Å². The molecule has 0 aliphatic heterocycles. The highest BCUT2D eigenvalue weighted by Crippen LogP contribution is 2.28. The minimum Gasteiger partial charge on any atom is -0.496 e. The van der Waals surface area contributed by atoms with Gasteiger partial charge in [0.15, 0.2) is 5.00 Å². The quantitative estimate of drug-likeness (QED) is 0.611. The van der Waals surface area contributed by atoms with Crippen molar-refractivity contribution in [3.05, 3.63) is 23.9 Å². The van der Waals surface area contributed by atoms with Crippen LogP contribution in [0.15, 0.2) is 18.2 Å². The molecule has 0 fully saturated rings. The van der Waals surface area contributed by atoms with Gasteiger partial charge in [0.25, 0.3) is 0 Å². The van der Waals surface area contributed by atoms with Crippen LogP contribution in [-0.2, 0) is 6.61 Å². The lowest BCUT2D eigenvalue weighted by molar-refractivity contribution is 0.296.